The maximum atomic E-state index is 16.1. The third-order valence-electron chi connectivity index (χ3n) is 10.5. The van der Waals surface area contributed by atoms with Crippen molar-refractivity contribution in [3.63, 3.8) is 0 Å². The number of carbonyl (C=O) groups is 1. The minimum atomic E-state index is -1.14. The van der Waals surface area contributed by atoms with Gasteiger partial charge in [-0.15, -0.1) is 11.3 Å². The Kier molecular flexibility index (Phi) is 6.72. The van der Waals surface area contributed by atoms with Gasteiger partial charge in [0.1, 0.15) is 11.2 Å². The second-order valence-corrected chi connectivity index (χ2v) is 13.8. The Labute approximate surface area is 244 Å². The van der Waals surface area contributed by atoms with Crippen LogP contribution in [0.1, 0.15) is 56.4 Å². The van der Waals surface area contributed by atoms with Gasteiger partial charge in [-0.25, -0.2) is 14.4 Å². The van der Waals surface area contributed by atoms with Gasteiger partial charge in [-0.05, 0) is 56.2 Å². The molecule has 2 aromatic heterocycles. The molecule has 0 bridgehead atoms. The van der Waals surface area contributed by atoms with Gasteiger partial charge in [-0.2, -0.15) is 0 Å². The number of carbonyl (C=O) groups excluding carboxylic acids is 1. The second kappa shape index (κ2) is 10.6. The van der Waals surface area contributed by atoms with E-state index in [-0.39, 0.29) is 36.5 Å². The van der Waals surface area contributed by atoms with Gasteiger partial charge in [0, 0.05) is 31.1 Å². The first-order chi connectivity index (χ1) is 20.1. The number of aromatic nitrogens is 3. The number of fused-ring (bicyclic) bond motifs is 4. The highest BCUT2D eigenvalue weighted by Crippen LogP contribution is 2.51. The molecule has 41 heavy (non-hydrogen) atoms. The fraction of sp³-hybridized carbons (Fsp3) is 0.594. The highest BCUT2D eigenvalue weighted by Gasteiger charge is 2.59. The number of ketones is 1. The Morgan fingerprint density at radius 3 is 2.80 bits per heavy atom. The van der Waals surface area contributed by atoms with Gasteiger partial charge >= 0.3 is 0 Å². The van der Waals surface area contributed by atoms with Crippen molar-refractivity contribution in [3.05, 3.63) is 54.2 Å². The molecule has 8 rings (SSSR count). The average Bonchev–Trinajstić information content (AvgIpc) is 3.67. The number of hydrogen-bond donors (Lipinski definition) is 1. The van der Waals surface area contributed by atoms with E-state index in [0.29, 0.717) is 18.0 Å². The minimum absolute atomic E-state index is 0.0323. The smallest absolute Gasteiger partial charge is 0.172 e. The lowest BCUT2D eigenvalue weighted by Gasteiger charge is -2.61. The monoisotopic (exact) mass is 575 g/mol. The van der Waals surface area contributed by atoms with Crippen molar-refractivity contribution in [3.8, 4) is 0 Å². The summed E-state index contributed by atoms with van der Waals surface area (Å²) in [5.74, 6) is 1.03. The van der Waals surface area contributed by atoms with Crippen LogP contribution in [0.25, 0.3) is 15.8 Å². The zero-order chi connectivity index (χ0) is 27.5. The van der Waals surface area contributed by atoms with E-state index >= 15 is 4.39 Å². The van der Waals surface area contributed by atoms with Crippen LogP contribution in [0, 0.1) is 17.8 Å². The largest absolute Gasteiger partial charge is 0.369 e. The molecule has 1 aromatic carbocycles. The molecule has 0 radical (unpaired) electrons. The van der Waals surface area contributed by atoms with Crippen LogP contribution in [0.15, 0.2) is 49.2 Å². The van der Waals surface area contributed by atoms with E-state index in [2.05, 4.69) is 27.5 Å². The van der Waals surface area contributed by atoms with Gasteiger partial charge in [0.05, 0.1) is 52.5 Å². The first-order valence-electron chi connectivity index (χ1n) is 15.5. The lowest BCUT2D eigenvalue weighted by Crippen LogP contribution is -2.73. The number of morpholine rings is 1. The van der Waals surface area contributed by atoms with E-state index in [0.717, 1.165) is 46.9 Å². The van der Waals surface area contributed by atoms with E-state index in [1.807, 2.05) is 35.3 Å². The van der Waals surface area contributed by atoms with Crippen molar-refractivity contribution in [1.29, 1.82) is 0 Å². The van der Waals surface area contributed by atoms with Crippen LogP contribution in [-0.4, -0.2) is 68.3 Å². The molecular weight excluding hydrogens is 537 g/mol. The number of halogens is 1. The Morgan fingerprint density at radius 2 is 1.98 bits per heavy atom. The van der Waals surface area contributed by atoms with Gasteiger partial charge in [0.25, 0.3) is 0 Å². The number of para-hydroxylation sites is 1. The SMILES string of the molecule is O=C1C(c2nc3ccccc3s2)=CN2C3CC4CCCCC4CC3OC3C(NCCCn4ccnc4)C(F)CC1C32. The summed E-state index contributed by atoms with van der Waals surface area (Å²) in [5.41, 5.74) is 1.58. The van der Waals surface area contributed by atoms with Gasteiger partial charge in [-0.1, -0.05) is 37.8 Å². The highest BCUT2D eigenvalue weighted by atomic mass is 32.1. The first-order valence-corrected chi connectivity index (χ1v) is 16.3. The molecule has 2 aliphatic heterocycles. The Morgan fingerprint density at radius 1 is 1.12 bits per heavy atom. The number of thiazole rings is 1. The number of allylic oxidation sites excluding steroid dienone is 1. The molecule has 3 aromatic rings. The number of nitrogens with one attached hydrogen (secondary N) is 1. The van der Waals surface area contributed by atoms with Gasteiger partial charge in [0.2, 0.25) is 0 Å². The third-order valence-corrected chi connectivity index (χ3v) is 11.6. The minimum Gasteiger partial charge on any atom is -0.369 e. The van der Waals surface area contributed by atoms with E-state index in [1.54, 1.807) is 17.5 Å². The summed E-state index contributed by atoms with van der Waals surface area (Å²) in [6.07, 6.45) is 14.7. The van der Waals surface area contributed by atoms with Crippen molar-refractivity contribution in [2.45, 2.75) is 94.4 Å². The van der Waals surface area contributed by atoms with E-state index in [1.165, 1.54) is 25.7 Å². The molecule has 0 spiro atoms. The van der Waals surface area contributed by atoms with Gasteiger partial charge in [-0.3, -0.25) is 4.79 Å². The molecular formula is C32H38FN5O2S. The Hall–Kier alpha value is -2.62. The molecule has 3 aliphatic carbocycles. The molecule has 4 fully saturated rings. The van der Waals surface area contributed by atoms with Crippen LogP contribution in [0.5, 0.6) is 0 Å². The molecule has 7 nitrogen and oxygen atoms in total. The molecule has 1 saturated heterocycles. The van der Waals surface area contributed by atoms with Crippen molar-refractivity contribution in [1.82, 2.24) is 24.8 Å². The van der Waals surface area contributed by atoms with Crippen LogP contribution in [0.2, 0.25) is 0 Å². The van der Waals surface area contributed by atoms with Crippen LogP contribution in [0.3, 0.4) is 0 Å². The predicted molar refractivity (Wildman–Crippen MR) is 157 cm³/mol. The van der Waals surface area contributed by atoms with Crippen LogP contribution >= 0.6 is 11.3 Å². The van der Waals surface area contributed by atoms with Crippen molar-refractivity contribution >= 4 is 32.9 Å². The highest BCUT2D eigenvalue weighted by molar-refractivity contribution is 7.19. The Balaban J connectivity index is 1.12. The van der Waals surface area contributed by atoms with Crippen LogP contribution < -0.4 is 5.32 Å². The number of rotatable bonds is 6. The van der Waals surface area contributed by atoms with Crippen LogP contribution in [-0.2, 0) is 16.1 Å². The summed E-state index contributed by atoms with van der Waals surface area (Å²) in [7, 11) is 0. The number of hydrogen-bond acceptors (Lipinski definition) is 7. The molecule has 3 saturated carbocycles. The molecule has 9 atom stereocenters. The topological polar surface area (TPSA) is 72.3 Å². The summed E-state index contributed by atoms with van der Waals surface area (Å²) >= 11 is 1.57. The van der Waals surface area contributed by atoms with Crippen molar-refractivity contribution in [2.75, 3.05) is 6.54 Å². The number of ether oxygens (including phenoxy) is 1. The maximum Gasteiger partial charge on any atom is 0.172 e. The Bertz CT molecular complexity index is 1410. The normalized spacial score (nSPS) is 36.4. The van der Waals surface area contributed by atoms with Crippen molar-refractivity contribution < 1.29 is 13.9 Å². The first kappa shape index (κ1) is 26.0. The number of benzene rings is 1. The molecule has 5 aliphatic rings. The average molecular weight is 576 g/mol. The van der Waals surface area contributed by atoms with Crippen LogP contribution in [0.4, 0.5) is 4.39 Å². The molecule has 1 N–H and O–H groups in total. The quantitative estimate of drug-likeness (QED) is 0.406. The van der Waals surface area contributed by atoms with Gasteiger partial charge < -0.3 is 19.5 Å². The molecule has 216 valence electrons. The second-order valence-electron chi connectivity index (χ2n) is 12.8. The number of nitrogens with zero attached hydrogens (tertiary/aromatic N) is 4. The van der Waals surface area contributed by atoms with E-state index in [9.17, 15) is 4.79 Å². The zero-order valence-electron chi connectivity index (χ0n) is 23.3. The van der Waals surface area contributed by atoms with Gasteiger partial charge in [0.15, 0.2) is 5.78 Å². The summed E-state index contributed by atoms with van der Waals surface area (Å²) < 4.78 is 26.2. The fourth-order valence-corrected chi connectivity index (χ4v) is 9.60. The summed E-state index contributed by atoms with van der Waals surface area (Å²) in [6.45, 7) is 1.53. The lowest BCUT2D eigenvalue weighted by molar-refractivity contribution is -0.207. The predicted octanol–water partition coefficient (Wildman–Crippen LogP) is 5.23. The maximum absolute atomic E-state index is 16.1. The summed E-state index contributed by atoms with van der Waals surface area (Å²) in [4.78, 5) is 25.6. The van der Waals surface area contributed by atoms with E-state index < -0.39 is 18.1 Å². The fourth-order valence-electron chi connectivity index (χ4n) is 8.62. The van der Waals surface area contributed by atoms with E-state index in [4.69, 9.17) is 9.72 Å². The molecule has 9 unspecified atom stereocenters. The number of Topliss-reactive ketones (excluding diaryl/α,β-unsaturated/α-hetero) is 1. The number of aryl methyl sites for hydroxylation is 1. The molecule has 0 amide bonds. The third kappa shape index (κ3) is 4.55. The standard InChI is InChI=1S/C32H38FN5O2S/c33-23-16-21-29-31(28(23)35-10-5-12-37-13-11-34-18-37)40-26-15-20-7-2-1-6-19(20)14-25(26)38(29)17-22(30(21)39)32-36-24-8-3-4-9-27(24)41-32/h3-4,8-9,11,13,17-21,23,25-26,28-29,31,35H,1-2,5-7,10,12,14-16H2. The summed E-state index contributed by atoms with van der Waals surface area (Å²) in [5, 5.41) is 4.31. The zero-order valence-corrected chi connectivity index (χ0v) is 24.1. The summed E-state index contributed by atoms with van der Waals surface area (Å²) in [6, 6.07) is 7.72. The number of imidazole rings is 1. The lowest BCUT2D eigenvalue weighted by atomic mass is 9.65. The molecule has 9 heteroatoms. The molecule has 4 heterocycles. The van der Waals surface area contributed by atoms with Crippen molar-refractivity contribution in [2.24, 2.45) is 17.8 Å². The number of alkyl halides is 1.